The van der Waals surface area contributed by atoms with Gasteiger partial charge in [-0.2, -0.15) is 0 Å². The van der Waals surface area contributed by atoms with E-state index in [0.717, 1.165) is 17.2 Å². The fourth-order valence-corrected chi connectivity index (χ4v) is 2.46. The van der Waals surface area contributed by atoms with E-state index in [0.29, 0.717) is 0 Å². The number of benzene rings is 1. The van der Waals surface area contributed by atoms with Crippen LogP contribution >= 0.6 is 0 Å². The van der Waals surface area contributed by atoms with Crippen molar-refractivity contribution in [2.75, 3.05) is 0 Å². The molecule has 0 aliphatic heterocycles. The van der Waals surface area contributed by atoms with Crippen LogP contribution < -0.4 is 4.43 Å². The SMILES string of the molecule is Cc1ccc(N=Cc2ccco2)c(O[Si](C)(C)C)c1. The van der Waals surface area contributed by atoms with E-state index in [-0.39, 0.29) is 0 Å². The van der Waals surface area contributed by atoms with Gasteiger partial charge in [-0.3, -0.25) is 0 Å². The van der Waals surface area contributed by atoms with Crippen molar-refractivity contribution in [3.63, 3.8) is 0 Å². The van der Waals surface area contributed by atoms with E-state index in [2.05, 4.69) is 31.6 Å². The van der Waals surface area contributed by atoms with Crippen LogP contribution in [0.1, 0.15) is 11.3 Å². The maximum absolute atomic E-state index is 6.08. The Labute approximate surface area is 115 Å². The molecule has 0 bridgehead atoms. The molecule has 2 aromatic rings. The van der Waals surface area contributed by atoms with Crippen LogP contribution in [0.5, 0.6) is 5.75 Å². The maximum Gasteiger partial charge on any atom is 0.242 e. The lowest BCUT2D eigenvalue weighted by Crippen LogP contribution is -2.29. The summed E-state index contributed by atoms with van der Waals surface area (Å²) in [5.41, 5.74) is 2.01. The second kappa shape index (κ2) is 5.44. The van der Waals surface area contributed by atoms with Crippen LogP contribution in [0.25, 0.3) is 0 Å². The maximum atomic E-state index is 6.08. The van der Waals surface area contributed by atoms with Gasteiger partial charge in [0.25, 0.3) is 0 Å². The summed E-state index contributed by atoms with van der Waals surface area (Å²) in [5.74, 6) is 1.58. The molecule has 0 unspecified atom stereocenters. The van der Waals surface area contributed by atoms with Crippen LogP contribution in [0.15, 0.2) is 46.0 Å². The topological polar surface area (TPSA) is 34.7 Å². The van der Waals surface area contributed by atoms with E-state index < -0.39 is 8.32 Å². The molecular weight excluding hydrogens is 254 g/mol. The van der Waals surface area contributed by atoms with Gasteiger partial charge in [0.15, 0.2) is 0 Å². The molecule has 19 heavy (non-hydrogen) atoms. The van der Waals surface area contributed by atoms with E-state index in [1.54, 1.807) is 12.5 Å². The summed E-state index contributed by atoms with van der Waals surface area (Å²) in [7, 11) is -1.64. The zero-order valence-electron chi connectivity index (χ0n) is 11.8. The molecule has 0 aliphatic carbocycles. The van der Waals surface area contributed by atoms with Gasteiger partial charge in [0.2, 0.25) is 8.32 Å². The summed E-state index contributed by atoms with van der Waals surface area (Å²) < 4.78 is 11.3. The van der Waals surface area contributed by atoms with Crippen molar-refractivity contribution < 1.29 is 8.84 Å². The van der Waals surface area contributed by atoms with Crippen molar-refractivity contribution in [1.82, 2.24) is 0 Å². The normalized spacial score (nSPS) is 12.0. The van der Waals surface area contributed by atoms with Crippen molar-refractivity contribution in [1.29, 1.82) is 0 Å². The van der Waals surface area contributed by atoms with Crippen LogP contribution in [0.4, 0.5) is 5.69 Å². The van der Waals surface area contributed by atoms with Gasteiger partial charge in [-0.1, -0.05) is 6.07 Å². The number of aryl methyl sites for hydroxylation is 1. The quantitative estimate of drug-likeness (QED) is 0.605. The van der Waals surface area contributed by atoms with E-state index in [1.165, 1.54) is 5.56 Å². The minimum Gasteiger partial charge on any atom is -0.543 e. The summed E-state index contributed by atoms with van der Waals surface area (Å²) in [4.78, 5) is 4.45. The van der Waals surface area contributed by atoms with E-state index in [9.17, 15) is 0 Å². The van der Waals surface area contributed by atoms with E-state index in [4.69, 9.17) is 8.84 Å². The smallest absolute Gasteiger partial charge is 0.242 e. The fraction of sp³-hybridized carbons (Fsp3) is 0.267. The molecule has 0 N–H and O–H groups in total. The summed E-state index contributed by atoms with van der Waals surface area (Å²) in [6.07, 6.45) is 3.34. The first kappa shape index (κ1) is 13.6. The molecular formula is C15H19NO2Si. The van der Waals surface area contributed by atoms with Gasteiger partial charge < -0.3 is 8.84 Å². The number of hydrogen-bond acceptors (Lipinski definition) is 3. The summed E-state index contributed by atoms with van der Waals surface area (Å²) in [6.45, 7) is 8.54. The second-order valence-electron chi connectivity index (χ2n) is 5.46. The van der Waals surface area contributed by atoms with Crippen molar-refractivity contribution in [2.45, 2.75) is 26.6 Å². The average Bonchev–Trinajstić information content (AvgIpc) is 2.78. The fourth-order valence-electron chi connectivity index (χ4n) is 1.64. The Hall–Kier alpha value is -1.81. The highest BCUT2D eigenvalue weighted by Crippen LogP contribution is 2.30. The number of nitrogens with zero attached hydrogens (tertiary/aromatic N) is 1. The van der Waals surface area contributed by atoms with Crippen LogP contribution in [0.2, 0.25) is 19.6 Å². The lowest BCUT2D eigenvalue weighted by atomic mass is 10.2. The molecule has 4 heteroatoms. The molecule has 0 fully saturated rings. The molecule has 1 heterocycles. The lowest BCUT2D eigenvalue weighted by Gasteiger charge is -2.20. The largest absolute Gasteiger partial charge is 0.543 e. The molecule has 0 radical (unpaired) electrons. The molecule has 2 rings (SSSR count). The molecule has 1 aromatic carbocycles. The van der Waals surface area contributed by atoms with Crippen LogP contribution in [-0.2, 0) is 0 Å². The Balaban J connectivity index is 2.29. The van der Waals surface area contributed by atoms with Gasteiger partial charge in [0.05, 0.1) is 12.5 Å². The molecule has 3 nitrogen and oxygen atoms in total. The summed E-state index contributed by atoms with van der Waals surface area (Å²) in [5, 5.41) is 0. The Morgan fingerprint density at radius 3 is 2.58 bits per heavy atom. The van der Waals surface area contributed by atoms with Gasteiger partial charge >= 0.3 is 0 Å². The van der Waals surface area contributed by atoms with Crippen LogP contribution in [-0.4, -0.2) is 14.5 Å². The first-order valence-electron chi connectivity index (χ1n) is 6.31. The molecule has 0 saturated carbocycles. The first-order chi connectivity index (χ1) is 8.94. The number of hydrogen-bond donors (Lipinski definition) is 0. The third-order valence-electron chi connectivity index (χ3n) is 2.41. The highest BCUT2D eigenvalue weighted by Gasteiger charge is 2.18. The standard InChI is InChI=1S/C15H19NO2Si/c1-12-7-8-14(15(10-12)18-19(2,3)4)16-11-13-6-5-9-17-13/h5-11H,1-4H3. The Morgan fingerprint density at radius 2 is 2.00 bits per heavy atom. The Morgan fingerprint density at radius 1 is 1.21 bits per heavy atom. The van der Waals surface area contributed by atoms with Gasteiger partial charge in [-0.25, -0.2) is 4.99 Å². The summed E-state index contributed by atoms with van der Waals surface area (Å²) in [6, 6.07) is 9.76. The molecule has 0 amide bonds. The van der Waals surface area contributed by atoms with E-state index in [1.807, 2.05) is 30.3 Å². The number of aliphatic imine (C=N–C) groups is 1. The lowest BCUT2D eigenvalue weighted by molar-refractivity contribution is 0.557. The van der Waals surface area contributed by atoms with Crippen LogP contribution in [0, 0.1) is 6.92 Å². The first-order valence-corrected chi connectivity index (χ1v) is 9.72. The Bertz CT molecular complexity index is 568. The molecule has 0 aliphatic rings. The zero-order chi connectivity index (χ0) is 13.9. The third-order valence-corrected chi connectivity index (χ3v) is 3.24. The minimum atomic E-state index is -1.64. The van der Waals surface area contributed by atoms with E-state index >= 15 is 0 Å². The van der Waals surface area contributed by atoms with Crippen molar-refractivity contribution >= 4 is 20.2 Å². The number of rotatable bonds is 4. The predicted molar refractivity (Wildman–Crippen MR) is 81.1 cm³/mol. The molecule has 0 spiro atoms. The predicted octanol–water partition coefficient (Wildman–Crippen LogP) is 4.55. The minimum absolute atomic E-state index is 0.736. The molecule has 0 saturated heterocycles. The monoisotopic (exact) mass is 273 g/mol. The van der Waals surface area contributed by atoms with Crippen LogP contribution in [0.3, 0.4) is 0 Å². The van der Waals surface area contributed by atoms with Gasteiger partial charge in [-0.05, 0) is 56.4 Å². The van der Waals surface area contributed by atoms with Gasteiger partial charge in [-0.15, -0.1) is 0 Å². The van der Waals surface area contributed by atoms with Crippen molar-refractivity contribution in [3.8, 4) is 5.75 Å². The molecule has 1 aromatic heterocycles. The molecule has 0 atom stereocenters. The highest BCUT2D eigenvalue weighted by molar-refractivity contribution is 6.70. The highest BCUT2D eigenvalue weighted by atomic mass is 28.4. The van der Waals surface area contributed by atoms with Gasteiger partial charge in [0, 0.05) is 0 Å². The Kier molecular flexibility index (Phi) is 3.90. The third kappa shape index (κ3) is 4.10. The average molecular weight is 273 g/mol. The summed E-state index contributed by atoms with van der Waals surface area (Å²) >= 11 is 0. The zero-order valence-corrected chi connectivity index (χ0v) is 12.8. The molecule has 100 valence electrons. The van der Waals surface area contributed by atoms with Crippen molar-refractivity contribution in [2.24, 2.45) is 4.99 Å². The van der Waals surface area contributed by atoms with Crippen molar-refractivity contribution in [3.05, 3.63) is 47.9 Å². The second-order valence-corrected chi connectivity index (χ2v) is 9.89. The number of furan rings is 1. The van der Waals surface area contributed by atoms with Gasteiger partial charge in [0.1, 0.15) is 17.2 Å².